The van der Waals surface area contributed by atoms with E-state index in [-0.39, 0.29) is 0 Å². The lowest BCUT2D eigenvalue weighted by atomic mass is 10.1. The van der Waals surface area contributed by atoms with Gasteiger partial charge in [-0.25, -0.2) is 8.78 Å². The lowest BCUT2D eigenvalue weighted by Crippen LogP contribution is -1.90. The van der Waals surface area contributed by atoms with Gasteiger partial charge in [0.05, 0.1) is 0 Å². The van der Waals surface area contributed by atoms with Gasteiger partial charge < -0.3 is 0 Å². The van der Waals surface area contributed by atoms with E-state index >= 15 is 0 Å². The van der Waals surface area contributed by atoms with Gasteiger partial charge in [0.25, 0.3) is 0 Å². The van der Waals surface area contributed by atoms with Crippen LogP contribution in [0.25, 0.3) is 11.1 Å². The van der Waals surface area contributed by atoms with Crippen LogP contribution in [0.4, 0.5) is 8.78 Å². The molecule has 2 aromatic carbocycles. The molecule has 0 unspecified atom stereocenters. The van der Waals surface area contributed by atoms with Crippen molar-refractivity contribution in [3.05, 3.63) is 56.6 Å². The van der Waals surface area contributed by atoms with Gasteiger partial charge in [0, 0.05) is 25.8 Å². The minimum absolute atomic E-state index is 0.316. The molecule has 0 saturated heterocycles. The highest BCUT2D eigenvalue weighted by atomic mass is 127. The molecule has 82 valence electrons. The highest BCUT2D eigenvalue weighted by Gasteiger charge is 2.12. The molecule has 0 N–H and O–H groups in total. The first-order valence-electron chi connectivity index (χ1n) is 4.49. The van der Waals surface area contributed by atoms with E-state index in [1.807, 2.05) is 6.07 Å². The molecular formula is C12H6ClF2I. The Kier molecular flexibility index (Phi) is 3.44. The minimum Gasteiger partial charge on any atom is -0.207 e. The van der Waals surface area contributed by atoms with Crippen molar-refractivity contribution in [3.8, 4) is 11.1 Å². The quantitative estimate of drug-likeness (QED) is 0.642. The van der Waals surface area contributed by atoms with E-state index in [4.69, 9.17) is 11.6 Å². The van der Waals surface area contributed by atoms with Gasteiger partial charge in [-0.2, -0.15) is 0 Å². The minimum atomic E-state index is -0.606. The fourth-order valence-corrected chi connectivity index (χ4v) is 2.67. The first-order chi connectivity index (χ1) is 7.59. The van der Waals surface area contributed by atoms with E-state index in [1.165, 1.54) is 12.1 Å². The van der Waals surface area contributed by atoms with Gasteiger partial charge in [-0.05, 0) is 46.9 Å². The summed E-state index contributed by atoms with van der Waals surface area (Å²) in [6, 6.07) is 8.77. The zero-order valence-electron chi connectivity index (χ0n) is 7.98. The van der Waals surface area contributed by atoms with Crippen molar-refractivity contribution in [2.24, 2.45) is 0 Å². The molecule has 16 heavy (non-hydrogen) atoms. The Balaban J connectivity index is 2.68. The predicted octanol–water partition coefficient (Wildman–Crippen LogP) is 4.89. The van der Waals surface area contributed by atoms with Crippen LogP contribution in [-0.2, 0) is 0 Å². The van der Waals surface area contributed by atoms with E-state index in [9.17, 15) is 8.78 Å². The Morgan fingerprint density at radius 1 is 1.06 bits per heavy atom. The van der Waals surface area contributed by atoms with Crippen LogP contribution in [0.2, 0.25) is 5.02 Å². The molecule has 0 fully saturated rings. The fraction of sp³-hybridized carbons (Fsp3) is 0. The molecule has 0 spiro atoms. The van der Waals surface area contributed by atoms with Crippen molar-refractivity contribution in [2.45, 2.75) is 0 Å². The average Bonchev–Trinajstić information content (AvgIpc) is 2.20. The number of halogens is 4. The first kappa shape index (κ1) is 11.8. The molecule has 0 nitrogen and oxygen atoms in total. The summed E-state index contributed by atoms with van der Waals surface area (Å²) in [5.74, 6) is -1.20. The molecule has 0 radical (unpaired) electrons. The van der Waals surface area contributed by atoms with Crippen LogP contribution in [0.1, 0.15) is 0 Å². The number of hydrogen-bond acceptors (Lipinski definition) is 0. The highest BCUT2D eigenvalue weighted by molar-refractivity contribution is 14.1. The van der Waals surface area contributed by atoms with Crippen molar-refractivity contribution in [2.75, 3.05) is 0 Å². The summed E-state index contributed by atoms with van der Waals surface area (Å²) in [6.07, 6.45) is 0. The van der Waals surface area contributed by atoms with E-state index in [1.54, 1.807) is 12.1 Å². The van der Waals surface area contributed by atoms with Gasteiger partial charge in [0.2, 0.25) is 0 Å². The lowest BCUT2D eigenvalue weighted by molar-refractivity contribution is 0.585. The molecule has 2 aromatic rings. The summed E-state index contributed by atoms with van der Waals surface area (Å²) in [4.78, 5) is 0. The molecule has 0 aromatic heterocycles. The third-order valence-corrected chi connectivity index (χ3v) is 3.38. The van der Waals surface area contributed by atoms with Crippen LogP contribution in [0.3, 0.4) is 0 Å². The zero-order valence-corrected chi connectivity index (χ0v) is 10.9. The first-order valence-corrected chi connectivity index (χ1v) is 5.94. The maximum Gasteiger partial charge on any atom is 0.134 e. The second kappa shape index (κ2) is 4.67. The molecule has 0 aliphatic rings. The normalized spacial score (nSPS) is 10.5. The topological polar surface area (TPSA) is 0 Å². The zero-order chi connectivity index (χ0) is 11.7. The van der Waals surface area contributed by atoms with Crippen LogP contribution < -0.4 is 0 Å². The third-order valence-electron chi connectivity index (χ3n) is 2.16. The fourth-order valence-electron chi connectivity index (χ4n) is 1.45. The maximum absolute atomic E-state index is 13.6. The standard InChI is InChI=1S/C12H6ClF2I/c13-9-2-1-3-11(16)12(9)8-5-4-7(14)6-10(8)15/h1-6H. The summed E-state index contributed by atoms with van der Waals surface area (Å²) in [5.41, 5.74) is 0.915. The average molecular weight is 351 g/mol. The summed E-state index contributed by atoms with van der Waals surface area (Å²) in [6.45, 7) is 0. The van der Waals surface area contributed by atoms with Gasteiger partial charge in [-0.3, -0.25) is 0 Å². The van der Waals surface area contributed by atoms with Crippen LogP contribution in [0, 0.1) is 15.2 Å². The van der Waals surface area contributed by atoms with Crippen molar-refractivity contribution < 1.29 is 8.78 Å². The van der Waals surface area contributed by atoms with Gasteiger partial charge in [0.15, 0.2) is 0 Å². The van der Waals surface area contributed by atoms with Crippen LogP contribution in [-0.4, -0.2) is 0 Å². The molecule has 0 atom stereocenters. The molecule has 0 heterocycles. The molecular weight excluding hydrogens is 344 g/mol. The molecule has 2 rings (SSSR count). The van der Waals surface area contributed by atoms with E-state index < -0.39 is 11.6 Å². The van der Waals surface area contributed by atoms with Gasteiger partial charge in [0.1, 0.15) is 11.6 Å². The molecule has 0 amide bonds. The Morgan fingerprint density at radius 3 is 2.44 bits per heavy atom. The number of hydrogen-bond donors (Lipinski definition) is 0. The van der Waals surface area contributed by atoms with E-state index in [2.05, 4.69) is 22.6 Å². The van der Waals surface area contributed by atoms with E-state index in [0.29, 0.717) is 16.1 Å². The Bertz CT molecular complexity index is 520. The van der Waals surface area contributed by atoms with Gasteiger partial charge in [-0.1, -0.05) is 17.7 Å². The summed E-state index contributed by atoms with van der Waals surface area (Å²) in [7, 11) is 0. The van der Waals surface area contributed by atoms with Crippen molar-refractivity contribution in [1.29, 1.82) is 0 Å². The monoisotopic (exact) mass is 350 g/mol. The van der Waals surface area contributed by atoms with Crippen molar-refractivity contribution in [3.63, 3.8) is 0 Å². The van der Waals surface area contributed by atoms with Crippen molar-refractivity contribution >= 4 is 34.2 Å². The Morgan fingerprint density at radius 2 is 1.81 bits per heavy atom. The van der Waals surface area contributed by atoms with Crippen LogP contribution >= 0.6 is 34.2 Å². The molecule has 0 bridgehead atoms. The molecule has 4 heteroatoms. The Hall–Kier alpha value is -0.680. The molecule has 0 aliphatic heterocycles. The van der Waals surface area contributed by atoms with Crippen LogP contribution in [0.5, 0.6) is 0 Å². The second-order valence-electron chi connectivity index (χ2n) is 3.22. The Labute approximate surface area is 110 Å². The van der Waals surface area contributed by atoms with E-state index in [0.717, 1.165) is 9.64 Å². The molecule has 0 saturated carbocycles. The summed E-state index contributed by atoms with van der Waals surface area (Å²) >= 11 is 8.08. The summed E-state index contributed by atoms with van der Waals surface area (Å²) in [5, 5.41) is 0.456. The van der Waals surface area contributed by atoms with Crippen LogP contribution in [0.15, 0.2) is 36.4 Å². The predicted molar refractivity (Wildman–Crippen MR) is 69.5 cm³/mol. The SMILES string of the molecule is Fc1ccc(-c2c(Cl)cccc2I)c(F)c1. The highest BCUT2D eigenvalue weighted by Crippen LogP contribution is 2.34. The van der Waals surface area contributed by atoms with Gasteiger partial charge >= 0.3 is 0 Å². The maximum atomic E-state index is 13.6. The van der Waals surface area contributed by atoms with Crippen molar-refractivity contribution in [1.82, 2.24) is 0 Å². The smallest absolute Gasteiger partial charge is 0.134 e. The lowest BCUT2D eigenvalue weighted by Gasteiger charge is -2.08. The number of rotatable bonds is 1. The second-order valence-corrected chi connectivity index (χ2v) is 4.79. The largest absolute Gasteiger partial charge is 0.207 e. The third kappa shape index (κ3) is 2.20. The number of benzene rings is 2. The van der Waals surface area contributed by atoms with Gasteiger partial charge in [-0.15, -0.1) is 0 Å². The molecule has 0 aliphatic carbocycles. The summed E-state index contributed by atoms with van der Waals surface area (Å²) < 4.78 is 27.2.